The Morgan fingerprint density at radius 1 is 1.29 bits per heavy atom. The Bertz CT molecular complexity index is 658. The second-order valence-electron chi connectivity index (χ2n) is 3.89. The maximum atomic E-state index is 11.5. The van der Waals surface area contributed by atoms with Crippen LogP contribution >= 0.6 is 11.8 Å². The molecule has 0 aliphatic carbocycles. The molecule has 0 aliphatic rings. The molecule has 0 radical (unpaired) electrons. The first kappa shape index (κ1) is 15.0. The van der Waals surface area contributed by atoms with Crippen molar-refractivity contribution in [1.82, 2.24) is 9.97 Å². The lowest BCUT2D eigenvalue weighted by molar-refractivity contribution is 0.0525. The van der Waals surface area contributed by atoms with Crippen LogP contribution < -0.4 is 0 Å². The molecule has 6 nitrogen and oxygen atoms in total. The van der Waals surface area contributed by atoms with Gasteiger partial charge in [-0.05, 0) is 31.2 Å². The van der Waals surface area contributed by atoms with Crippen LogP contribution in [-0.2, 0) is 4.74 Å². The average Bonchev–Trinajstić information content (AvgIpc) is 2.48. The molecule has 21 heavy (non-hydrogen) atoms. The first-order valence-corrected chi connectivity index (χ1v) is 6.92. The molecule has 7 heteroatoms. The molecule has 0 saturated heterocycles. The summed E-state index contributed by atoms with van der Waals surface area (Å²) in [5.41, 5.74) is 0.352. The van der Waals surface area contributed by atoms with Gasteiger partial charge in [0.2, 0.25) is 0 Å². The molecule has 2 aromatic heterocycles. The summed E-state index contributed by atoms with van der Waals surface area (Å²) >= 11 is 1.29. The number of carboxylic acids is 1. The number of carbonyl (C=O) groups excluding carboxylic acids is 1. The van der Waals surface area contributed by atoms with Crippen molar-refractivity contribution in [3.8, 4) is 0 Å². The molecule has 0 unspecified atom stereocenters. The van der Waals surface area contributed by atoms with Gasteiger partial charge in [-0.1, -0.05) is 11.8 Å². The maximum absolute atomic E-state index is 11.5. The van der Waals surface area contributed by atoms with E-state index < -0.39 is 11.9 Å². The van der Waals surface area contributed by atoms with Crippen LogP contribution in [0.2, 0.25) is 0 Å². The zero-order valence-corrected chi connectivity index (χ0v) is 12.0. The third kappa shape index (κ3) is 4.03. The van der Waals surface area contributed by atoms with E-state index in [1.54, 1.807) is 25.1 Å². The third-order valence-corrected chi connectivity index (χ3v) is 3.36. The van der Waals surface area contributed by atoms with E-state index >= 15 is 0 Å². The number of pyridine rings is 2. The Kier molecular flexibility index (Phi) is 4.89. The lowest BCUT2D eigenvalue weighted by Gasteiger charge is -2.04. The van der Waals surface area contributed by atoms with E-state index in [1.807, 2.05) is 0 Å². The van der Waals surface area contributed by atoms with Crippen LogP contribution in [0, 0.1) is 0 Å². The van der Waals surface area contributed by atoms with Crippen molar-refractivity contribution in [3.63, 3.8) is 0 Å². The predicted molar refractivity (Wildman–Crippen MR) is 75.5 cm³/mol. The molecule has 108 valence electrons. The molecule has 0 fully saturated rings. The van der Waals surface area contributed by atoms with Crippen molar-refractivity contribution in [2.45, 2.75) is 16.8 Å². The number of hydrogen-bond acceptors (Lipinski definition) is 6. The lowest BCUT2D eigenvalue weighted by atomic mass is 10.3. The fourth-order valence-corrected chi connectivity index (χ4v) is 2.27. The van der Waals surface area contributed by atoms with Crippen LogP contribution in [0.5, 0.6) is 0 Å². The van der Waals surface area contributed by atoms with E-state index in [1.165, 1.54) is 30.2 Å². The van der Waals surface area contributed by atoms with Gasteiger partial charge in [0.1, 0.15) is 10.7 Å². The number of carboxylic acid groups (broad SMARTS) is 1. The molecular formula is C14H12N2O4S. The molecule has 0 aliphatic heterocycles. The number of nitrogens with zero attached hydrogens (tertiary/aromatic N) is 2. The van der Waals surface area contributed by atoms with Gasteiger partial charge in [-0.25, -0.2) is 19.6 Å². The zero-order chi connectivity index (χ0) is 15.2. The van der Waals surface area contributed by atoms with Gasteiger partial charge in [0.05, 0.1) is 12.2 Å². The topological polar surface area (TPSA) is 89.4 Å². The molecule has 2 aromatic rings. The molecule has 0 amide bonds. The summed E-state index contributed by atoms with van der Waals surface area (Å²) < 4.78 is 4.87. The van der Waals surface area contributed by atoms with Gasteiger partial charge in [-0.15, -0.1) is 0 Å². The zero-order valence-electron chi connectivity index (χ0n) is 11.1. The van der Waals surface area contributed by atoms with Gasteiger partial charge in [0.15, 0.2) is 0 Å². The van der Waals surface area contributed by atoms with Gasteiger partial charge in [0.25, 0.3) is 0 Å². The van der Waals surface area contributed by atoms with Crippen LogP contribution in [0.3, 0.4) is 0 Å². The largest absolute Gasteiger partial charge is 0.477 e. The molecule has 0 atom stereocenters. The monoisotopic (exact) mass is 304 g/mol. The highest BCUT2D eigenvalue weighted by Crippen LogP contribution is 2.26. The van der Waals surface area contributed by atoms with Gasteiger partial charge in [-0.2, -0.15) is 0 Å². The summed E-state index contributed by atoms with van der Waals surface area (Å²) in [4.78, 5) is 30.9. The number of aromatic carboxylic acids is 1. The van der Waals surface area contributed by atoms with E-state index in [4.69, 9.17) is 9.84 Å². The Labute approximate surface area is 125 Å². The summed E-state index contributed by atoms with van der Waals surface area (Å²) in [5, 5.41) is 9.53. The minimum atomic E-state index is -1.08. The lowest BCUT2D eigenvalue weighted by Crippen LogP contribution is -2.04. The number of ether oxygens (including phenoxy) is 1. The Balaban J connectivity index is 2.11. The van der Waals surface area contributed by atoms with Crippen molar-refractivity contribution < 1.29 is 19.4 Å². The van der Waals surface area contributed by atoms with Crippen LogP contribution in [-0.4, -0.2) is 33.6 Å². The van der Waals surface area contributed by atoms with Crippen LogP contribution in [0.1, 0.15) is 27.8 Å². The van der Waals surface area contributed by atoms with Gasteiger partial charge < -0.3 is 9.84 Å². The normalized spacial score (nSPS) is 10.1. The first-order chi connectivity index (χ1) is 10.1. The summed E-state index contributed by atoms with van der Waals surface area (Å²) in [7, 11) is 0. The van der Waals surface area contributed by atoms with Gasteiger partial charge >= 0.3 is 11.9 Å². The quantitative estimate of drug-likeness (QED) is 0.849. The van der Waals surface area contributed by atoms with Crippen LogP contribution in [0.25, 0.3) is 0 Å². The summed E-state index contributed by atoms with van der Waals surface area (Å²) in [6.07, 6.45) is 2.86. The van der Waals surface area contributed by atoms with Crippen molar-refractivity contribution in [2.24, 2.45) is 0 Å². The molecule has 1 N–H and O–H groups in total. The first-order valence-electron chi connectivity index (χ1n) is 6.10. The molecule has 0 aromatic carbocycles. The highest BCUT2D eigenvalue weighted by molar-refractivity contribution is 7.99. The third-order valence-electron chi connectivity index (χ3n) is 2.42. The average molecular weight is 304 g/mol. The Morgan fingerprint density at radius 2 is 2.10 bits per heavy atom. The van der Waals surface area contributed by atoms with E-state index in [2.05, 4.69) is 9.97 Å². The number of carbonyl (C=O) groups is 2. The van der Waals surface area contributed by atoms with E-state index in [-0.39, 0.29) is 5.69 Å². The Hall–Kier alpha value is -2.41. The van der Waals surface area contributed by atoms with Gasteiger partial charge in [0, 0.05) is 17.3 Å². The minimum Gasteiger partial charge on any atom is -0.477 e. The maximum Gasteiger partial charge on any atom is 0.354 e. The predicted octanol–water partition coefficient (Wildman–Crippen LogP) is 2.50. The fourth-order valence-electron chi connectivity index (χ4n) is 1.49. The van der Waals surface area contributed by atoms with Crippen molar-refractivity contribution in [3.05, 3.63) is 47.9 Å². The van der Waals surface area contributed by atoms with Crippen LogP contribution in [0.4, 0.5) is 0 Å². The number of rotatable bonds is 5. The SMILES string of the molecule is CCOC(=O)c1ccc(Sc2ccnc(C(=O)O)c2)nc1. The van der Waals surface area contributed by atoms with Crippen molar-refractivity contribution in [2.75, 3.05) is 6.61 Å². The van der Waals surface area contributed by atoms with Crippen LogP contribution in [0.15, 0.2) is 46.6 Å². The standard InChI is InChI=1S/C14H12N2O4S/c1-2-20-14(19)9-3-4-12(16-8-9)21-10-5-6-15-11(7-10)13(17)18/h3-8H,2H2,1H3,(H,17,18). The molecule has 0 bridgehead atoms. The molecule has 2 rings (SSSR count). The smallest absolute Gasteiger partial charge is 0.354 e. The number of aromatic nitrogens is 2. The second kappa shape index (κ2) is 6.85. The van der Waals surface area contributed by atoms with E-state index in [9.17, 15) is 9.59 Å². The van der Waals surface area contributed by atoms with E-state index in [0.717, 1.165) is 0 Å². The number of hydrogen-bond donors (Lipinski definition) is 1. The molecule has 0 saturated carbocycles. The summed E-state index contributed by atoms with van der Waals surface area (Å²) in [5.74, 6) is -1.50. The fraction of sp³-hybridized carbons (Fsp3) is 0.143. The molecular weight excluding hydrogens is 292 g/mol. The molecule has 0 spiro atoms. The van der Waals surface area contributed by atoms with Crippen molar-refractivity contribution >= 4 is 23.7 Å². The Morgan fingerprint density at radius 3 is 2.71 bits per heavy atom. The van der Waals surface area contributed by atoms with E-state index in [0.29, 0.717) is 22.1 Å². The minimum absolute atomic E-state index is 0.0249. The van der Waals surface area contributed by atoms with Crippen molar-refractivity contribution in [1.29, 1.82) is 0 Å². The highest BCUT2D eigenvalue weighted by Gasteiger charge is 2.09. The van der Waals surface area contributed by atoms with Gasteiger partial charge in [-0.3, -0.25) is 0 Å². The highest BCUT2D eigenvalue weighted by atomic mass is 32.2. The number of esters is 1. The second-order valence-corrected chi connectivity index (χ2v) is 4.98. The molecule has 2 heterocycles. The summed E-state index contributed by atoms with van der Waals surface area (Å²) in [6, 6.07) is 6.45. The summed E-state index contributed by atoms with van der Waals surface area (Å²) in [6.45, 7) is 2.04.